The number of hydrogen-bond acceptors (Lipinski definition) is 6. The van der Waals surface area contributed by atoms with Gasteiger partial charge in [0.15, 0.2) is 5.82 Å². The van der Waals surface area contributed by atoms with Crippen LogP contribution in [0.25, 0.3) is 5.82 Å². The van der Waals surface area contributed by atoms with Crippen LogP contribution in [-0.2, 0) is 4.74 Å². The highest BCUT2D eigenvalue weighted by Gasteiger charge is 2.13. The Kier molecular flexibility index (Phi) is 4.62. The second-order valence-electron chi connectivity index (χ2n) is 5.35. The van der Waals surface area contributed by atoms with Gasteiger partial charge in [-0.25, -0.2) is 14.5 Å². The van der Waals surface area contributed by atoms with Crippen molar-refractivity contribution in [2.45, 2.75) is 13.8 Å². The van der Waals surface area contributed by atoms with E-state index in [1.54, 1.807) is 28.9 Å². The monoisotopic (exact) mass is 356 g/mol. The molecule has 7 nitrogen and oxygen atoms in total. The van der Waals surface area contributed by atoms with Gasteiger partial charge in [-0.15, -0.1) is 11.3 Å². The van der Waals surface area contributed by atoms with Gasteiger partial charge in [0, 0.05) is 11.9 Å². The first kappa shape index (κ1) is 16.8. The number of carbonyl (C=O) groups excluding carboxylic acids is 2. The van der Waals surface area contributed by atoms with Gasteiger partial charge in [-0.3, -0.25) is 4.79 Å². The van der Waals surface area contributed by atoms with Crippen molar-refractivity contribution in [1.82, 2.24) is 14.8 Å². The lowest BCUT2D eigenvalue weighted by molar-refractivity contribution is 0.0606. The minimum atomic E-state index is -0.429. The molecule has 8 heteroatoms. The Morgan fingerprint density at radius 2 is 2.00 bits per heavy atom. The minimum absolute atomic E-state index is 0.300. The molecule has 128 valence electrons. The average molecular weight is 356 g/mol. The van der Waals surface area contributed by atoms with E-state index in [-0.39, 0.29) is 5.91 Å². The van der Waals surface area contributed by atoms with E-state index in [4.69, 9.17) is 0 Å². The molecule has 0 spiro atoms. The highest BCUT2D eigenvalue weighted by atomic mass is 32.1. The molecule has 0 saturated heterocycles. The van der Waals surface area contributed by atoms with Crippen LogP contribution >= 0.6 is 11.3 Å². The van der Waals surface area contributed by atoms with Gasteiger partial charge < -0.3 is 10.1 Å². The van der Waals surface area contributed by atoms with Crippen LogP contribution in [0.5, 0.6) is 0 Å². The van der Waals surface area contributed by atoms with E-state index < -0.39 is 5.97 Å². The first-order chi connectivity index (χ1) is 12.0. The fraction of sp³-hybridized carbons (Fsp3) is 0.176. The summed E-state index contributed by atoms with van der Waals surface area (Å²) in [5, 5.41) is 7.67. The molecule has 0 aliphatic carbocycles. The maximum Gasteiger partial charge on any atom is 0.348 e. The molecule has 0 bridgehead atoms. The van der Waals surface area contributed by atoms with Crippen molar-refractivity contribution >= 4 is 28.2 Å². The van der Waals surface area contributed by atoms with Gasteiger partial charge in [-0.05, 0) is 44.2 Å². The first-order valence-corrected chi connectivity index (χ1v) is 8.29. The van der Waals surface area contributed by atoms with Crippen molar-refractivity contribution in [3.05, 3.63) is 58.4 Å². The van der Waals surface area contributed by atoms with Crippen LogP contribution < -0.4 is 5.32 Å². The quantitative estimate of drug-likeness (QED) is 0.726. The number of aryl methyl sites for hydroxylation is 2. The van der Waals surface area contributed by atoms with Gasteiger partial charge >= 0.3 is 5.97 Å². The van der Waals surface area contributed by atoms with E-state index in [2.05, 4.69) is 20.1 Å². The molecule has 0 saturated carbocycles. The van der Waals surface area contributed by atoms with Crippen LogP contribution in [0.1, 0.15) is 31.4 Å². The van der Waals surface area contributed by atoms with Crippen molar-refractivity contribution in [2.24, 2.45) is 0 Å². The third kappa shape index (κ3) is 3.58. The number of methoxy groups -OCH3 is 1. The summed E-state index contributed by atoms with van der Waals surface area (Å²) in [6.45, 7) is 3.85. The van der Waals surface area contributed by atoms with Crippen LogP contribution in [0.2, 0.25) is 0 Å². The Labute approximate surface area is 148 Å². The fourth-order valence-electron chi connectivity index (χ4n) is 2.31. The molecular weight excluding hydrogens is 340 g/mol. The predicted molar refractivity (Wildman–Crippen MR) is 94.4 cm³/mol. The molecule has 1 N–H and O–H groups in total. The molecule has 3 aromatic rings. The largest absolute Gasteiger partial charge is 0.465 e. The van der Waals surface area contributed by atoms with Crippen LogP contribution in [0, 0.1) is 13.8 Å². The number of pyridine rings is 1. The summed E-state index contributed by atoms with van der Waals surface area (Å²) in [7, 11) is 1.32. The van der Waals surface area contributed by atoms with E-state index in [0.29, 0.717) is 21.3 Å². The predicted octanol–water partition coefficient (Wildman–Crippen LogP) is 2.98. The summed E-state index contributed by atoms with van der Waals surface area (Å²) in [6, 6.07) is 8.65. The summed E-state index contributed by atoms with van der Waals surface area (Å²) in [6.07, 6.45) is 1.50. The normalized spacial score (nSPS) is 10.5. The number of carbonyl (C=O) groups is 2. The van der Waals surface area contributed by atoms with Crippen LogP contribution in [0.4, 0.5) is 5.00 Å². The Balaban J connectivity index is 1.73. The lowest BCUT2D eigenvalue weighted by atomic mass is 10.2. The maximum absolute atomic E-state index is 12.3. The molecule has 0 fully saturated rings. The van der Waals surface area contributed by atoms with Gasteiger partial charge in [0.05, 0.1) is 23.4 Å². The molecule has 0 aliphatic heterocycles. The Morgan fingerprint density at radius 3 is 2.60 bits per heavy atom. The molecule has 0 atom stereocenters. The van der Waals surface area contributed by atoms with E-state index in [1.807, 2.05) is 19.9 Å². The number of hydrogen-bond donors (Lipinski definition) is 1. The van der Waals surface area contributed by atoms with Crippen LogP contribution in [0.15, 0.2) is 36.5 Å². The molecule has 0 aromatic carbocycles. The zero-order valence-electron chi connectivity index (χ0n) is 13.9. The highest BCUT2D eigenvalue weighted by Crippen LogP contribution is 2.23. The standard InChI is InChI=1S/C17H16N4O3S/c1-10-8-11(2)21(20-10)14-6-4-12(9-18-14)16(22)19-15-7-5-13(25-15)17(23)24-3/h4-9H,1-3H3,(H,19,22). The second-order valence-corrected chi connectivity index (χ2v) is 6.44. The summed E-state index contributed by atoms with van der Waals surface area (Å²) in [5.74, 6) is -0.0849. The van der Waals surface area contributed by atoms with Gasteiger partial charge in [0.1, 0.15) is 4.88 Å². The molecule has 0 unspecified atom stereocenters. The molecule has 1 amide bonds. The maximum atomic E-state index is 12.3. The fourth-order valence-corrected chi connectivity index (χ4v) is 3.13. The Morgan fingerprint density at radius 1 is 1.20 bits per heavy atom. The molecular formula is C17H16N4O3S. The van der Waals surface area contributed by atoms with Gasteiger partial charge in [0.2, 0.25) is 0 Å². The number of rotatable bonds is 4. The summed E-state index contributed by atoms with van der Waals surface area (Å²) in [4.78, 5) is 28.5. The number of esters is 1. The van der Waals surface area contributed by atoms with Gasteiger partial charge in [-0.2, -0.15) is 5.10 Å². The molecule has 3 heterocycles. The molecule has 25 heavy (non-hydrogen) atoms. The third-order valence-corrected chi connectivity index (χ3v) is 4.45. The summed E-state index contributed by atoms with van der Waals surface area (Å²) < 4.78 is 6.37. The highest BCUT2D eigenvalue weighted by molar-refractivity contribution is 7.18. The lowest BCUT2D eigenvalue weighted by Gasteiger charge is -2.05. The smallest absolute Gasteiger partial charge is 0.348 e. The topological polar surface area (TPSA) is 86.1 Å². The number of amides is 1. The molecule has 0 radical (unpaired) electrons. The Hall–Kier alpha value is -3.00. The average Bonchev–Trinajstić information content (AvgIpc) is 3.20. The second kappa shape index (κ2) is 6.86. The zero-order valence-corrected chi connectivity index (χ0v) is 14.8. The summed E-state index contributed by atoms with van der Waals surface area (Å²) >= 11 is 1.15. The number of anilines is 1. The molecule has 3 rings (SSSR count). The van der Waals surface area contributed by atoms with Crippen molar-refractivity contribution in [3.8, 4) is 5.82 Å². The number of nitrogens with one attached hydrogen (secondary N) is 1. The van der Waals surface area contributed by atoms with Gasteiger partial charge in [-0.1, -0.05) is 0 Å². The van der Waals surface area contributed by atoms with Crippen molar-refractivity contribution in [3.63, 3.8) is 0 Å². The number of aromatic nitrogens is 3. The van der Waals surface area contributed by atoms with Crippen molar-refractivity contribution < 1.29 is 14.3 Å². The van der Waals surface area contributed by atoms with Gasteiger partial charge in [0.25, 0.3) is 5.91 Å². The van der Waals surface area contributed by atoms with E-state index in [0.717, 1.165) is 22.7 Å². The number of ether oxygens (including phenoxy) is 1. The number of nitrogens with zero attached hydrogens (tertiary/aromatic N) is 3. The van der Waals surface area contributed by atoms with Crippen LogP contribution in [-0.4, -0.2) is 33.8 Å². The zero-order chi connectivity index (χ0) is 18.0. The van der Waals surface area contributed by atoms with Crippen LogP contribution in [0.3, 0.4) is 0 Å². The summed E-state index contributed by atoms with van der Waals surface area (Å²) in [5.41, 5.74) is 2.29. The van der Waals surface area contributed by atoms with E-state index in [1.165, 1.54) is 13.3 Å². The van der Waals surface area contributed by atoms with Crippen molar-refractivity contribution in [1.29, 1.82) is 0 Å². The van der Waals surface area contributed by atoms with E-state index in [9.17, 15) is 9.59 Å². The Bertz CT molecular complexity index is 928. The SMILES string of the molecule is COC(=O)c1ccc(NC(=O)c2ccc(-n3nc(C)cc3C)nc2)s1. The van der Waals surface area contributed by atoms with E-state index >= 15 is 0 Å². The van der Waals surface area contributed by atoms with Crippen molar-refractivity contribution in [2.75, 3.05) is 12.4 Å². The first-order valence-electron chi connectivity index (χ1n) is 7.47. The third-order valence-electron chi connectivity index (χ3n) is 3.47. The minimum Gasteiger partial charge on any atom is -0.465 e. The molecule has 3 aromatic heterocycles. The molecule has 0 aliphatic rings. The number of thiophene rings is 1. The lowest BCUT2D eigenvalue weighted by Crippen LogP contribution is -2.12.